The van der Waals surface area contributed by atoms with E-state index in [1.165, 1.54) is 29.1 Å². The number of nitrogens with one attached hydrogen (secondary N) is 1. The maximum Gasteiger partial charge on any atom is 0.254 e. The highest BCUT2D eigenvalue weighted by Crippen LogP contribution is 2.35. The third kappa shape index (κ3) is 3.90. The molecule has 1 aliphatic heterocycles. The summed E-state index contributed by atoms with van der Waals surface area (Å²) in [6.07, 6.45) is 1.30. The standard InChI is InChI=1S/C20H13ClN4O4/c21-14-3-1-13(8-22)16(6-14)24-19(26)9-25-10-23-15(7-20(25)27)12-2-4-17-18(5-12)29-11-28-17/h1-7,10H,9,11H2,(H,24,26). The summed E-state index contributed by atoms with van der Waals surface area (Å²) in [5.74, 6) is 0.739. The molecule has 1 N–H and O–H groups in total. The number of ether oxygens (including phenoxy) is 2. The first-order valence-electron chi connectivity index (χ1n) is 8.49. The lowest BCUT2D eigenvalue weighted by Gasteiger charge is -2.09. The van der Waals surface area contributed by atoms with Gasteiger partial charge < -0.3 is 14.8 Å². The predicted octanol–water partition coefficient (Wildman–Crippen LogP) is 2.80. The predicted molar refractivity (Wildman–Crippen MR) is 105 cm³/mol. The Morgan fingerprint density at radius 1 is 1.21 bits per heavy atom. The van der Waals surface area contributed by atoms with Gasteiger partial charge in [-0.15, -0.1) is 0 Å². The molecule has 0 fully saturated rings. The molecule has 0 spiro atoms. The van der Waals surface area contributed by atoms with Gasteiger partial charge in [-0.2, -0.15) is 5.26 Å². The Morgan fingerprint density at radius 3 is 2.83 bits per heavy atom. The van der Waals surface area contributed by atoms with Crippen LogP contribution >= 0.6 is 11.6 Å². The minimum absolute atomic E-state index is 0.156. The number of carbonyl (C=O) groups excluding carboxylic acids is 1. The highest BCUT2D eigenvalue weighted by atomic mass is 35.5. The second-order valence-electron chi connectivity index (χ2n) is 6.16. The maximum atomic E-state index is 12.4. The number of fused-ring (bicyclic) bond motifs is 1. The van der Waals surface area contributed by atoms with Crippen molar-refractivity contribution in [2.45, 2.75) is 6.54 Å². The molecule has 0 saturated carbocycles. The van der Waals surface area contributed by atoms with E-state index >= 15 is 0 Å². The molecule has 8 nitrogen and oxygen atoms in total. The zero-order valence-corrected chi connectivity index (χ0v) is 15.6. The SMILES string of the molecule is N#Cc1ccc(Cl)cc1NC(=O)Cn1cnc(-c2ccc3c(c2)OCO3)cc1=O. The summed E-state index contributed by atoms with van der Waals surface area (Å²) < 4.78 is 11.8. The molecule has 1 aliphatic rings. The largest absolute Gasteiger partial charge is 0.454 e. The monoisotopic (exact) mass is 408 g/mol. The van der Waals surface area contributed by atoms with E-state index in [1.54, 1.807) is 24.3 Å². The zero-order chi connectivity index (χ0) is 20.4. The molecule has 3 aromatic rings. The maximum absolute atomic E-state index is 12.4. The molecule has 4 rings (SSSR count). The number of anilines is 1. The number of amides is 1. The highest BCUT2D eigenvalue weighted by Gasteiger charge is 2.15. The molecular weight excluding hydrogens is 396 g/mol. The van der Waals surface area contributed by atoms with E-state index in [4.69, 9.17) is 26.3 Å². The van der Waals surface area contributed by atoms with Crippen LogP contribution in [-0.4, -0.2) is 22.3 Å². The number of aromatic nitrogens is 2. The molecule has 2 heterocycles. The van der Waals surface area contributed by atoms with Gasteiger partial charge in [0.15, 0.2) is 11.5 Å². The van der Waals surface area contributed by atoms with Crippen LogP contribution in [0, 0.1) is 11.3 Å². The van der Waals surface area contributed by atoms with Gasteiger partial charge in [0.05, 0.1) is 23.3 Å². The van der Waals surface area contributed by atoms with E-state index in [-0.39, 0.29) is 24.6 Å². The normalized spacial score (nSPS) is 11.7. The van der Waals surface area contributed by atoms with E-state index in [2.05, 4.69) is 10.3 Å². The quantitative estimate of drug-likeness (QED) is 0.711. The Bertz CT molecular complexity index is 1220. The van der Waals surface area contributed by atoms with Gasteiger partial charge in [0.2, 0.25) is 12.7 Å². The first-order valence-corrected chi connectivity index (χ1v) is 8.87. The number of nitrogens with zero attached hydrogens (tertiary/aromatic N) is 3. The number of carbonyl (C=O) groups is 1. The fourth-order valence-corrected chi connectivity index (χ4v) is 2.99. The van der Waals surface area contributed by atoms with Gasteiger partial charge in [-0.25, -0.2) is 4.98 Å². The third-order valence-corrected chi connectivity index (χ3v) is 4.47. The fourth-order valence-electron chi connectivity index (χ4n) is 2.82. The molecule has 1 aromatic heterocycles. The topological polar surface area (TPSA) is 106 Å². The first kappa shape index (κ1) is 18.5. The van der Waals surface area contributed by atoms with Crippen LogP contribution in [-0.2, 0) is 11.3 Å². The summed E-state index contributed by atoms with van der Waals surface area (Å²) in [5, 5.41) is 12.1. The molecule has 0 saturated heterocycles. The number of hydrogen-bond donors (Lipinski definition) is 1. The van der Waals surface area contributed by atoms with Crippen LogP contribution in [0.5, 0.6) is 11.5 Å². The van der Waals surface area contributed by atoms with Gasteiger partial charge in [0, 0.05) is 16.7 Å². The van der Waals surface area contributed by atoms with Crippen molar-refractivity contribution in [2.24, 2.45) is 0 Å². The third-order valence-electron chi connectivity index (χ3n) is 4.24. The lowest BCUT2D eigenvalue weighted by molar-refractivity contribution is -0.116. The van der Waals surface area contributed by atoms with Crippen molar-refractivity contribution in [2.75, 3.05) is 12.1 Å². The van der Waals surface area contributed by atoms with Crippen molar-refractivity contribution < 1.29 is 14.3 Å². The molecule has 1 amide bonds. The molecule has 0 bridgehead atoms. The Kier molecular flexibility index (Phi) is 4.89. The Morgan fingerprint density at radius 2 is 2.03 bits per heavy atom. The summed E-state index contributed by atoms with van der Waals surface area (Å²) in [6, 6.07) is 13.1. The van der Waals surface area contributed by atoms with Crippen molar-refractivity contribution >= 4 is 23.2 Å². The molecule has 144 valence electrons. The van der Waals surface area contributed by atoms with Crippen LogP contribution in [0.2, 0.25) is 5.02 Å². The van der Waals surface area contributed by atoms with E-state index in [9.17, 15) is 9.59 Å². The lowest BCUT2D eigenvalue weighted by Crippen LogP contribution is -2.27. The van der Waals surface area contributed by atoms with Crippen LogP contribution in [0.4, 0.5) is 5.69 Å². The van der Waals surface area contributed by atoms with Gasteiger partial charge in [0.25, 0.3) is 5.56 Å². The van der Waals surface area contributed by atoms with Crippen LogP contribution in [0.25, 0.3) is 11.3 Å². The summed E-state index contributed by atoms with van der Waals surface area (Å²) in [7, 11) is 0. The minimum atomic E-state index is -0.483. The zero-order valence-electron chi connectivity index (χ0n) is 14.9. The molecule has 0 unspecified atom stereocenters. The number of benzene rings is 2. The molecule has 0 aliphatic carbocycles. The van der Waals surface area contributed by atoms with E-state index in [0.717, 1.165) is 0 Å². The van der Waals surface area contributed by atoms with E-state index < -0.39 is 11.5 Å². The van der Waals surface area contributed by atoms with Crippen LogP contribution in [0.3, 0.4) is 0 Å². The molecular formula is C20H13ClN4O4. The molecule has 2 aromatic carbocycles. The molecule has 29 heavy (non-hydrogen) atoms. The summed E-state index contributed by atoms with van der Waals surface area (Å²) in [6.45, 7) is -0.103. The molecule has 0 atom stereocenters. The summed E-state index contributed by atoms with van der Waals surface area (Å²) >= 11 is 5.91. The van der Waals surface area contributed by atoms with Crippen molar-refractivity contribution in [3.8, 4) is 28.8 Å². The van der Waals surface area contributed by atoms with Crippen molar-refractivity contribution in [1.82, 2.24) is 9.55 Å². The Hall–Kier alpha value is -3.83. The van der Waals surface area contributed by atoms with Crippen LogP contribution in [0.1, 0.15) is 5.56 Å². The van der Waals surface area contributed by atoms with Crippen molar-refractivity contribution in [3.05, 3.63) is 69.7 Å². The van der Waals surface area contributed by atoms with Gasteiger partial charge in [-0.05, 0) is 36.4 Å². The van der Waals surface area contributed by atoms with E-state index in [0.29, 0.717) is 27.8 Å². The average Bonchev–Trinajstić information content (AvgIpc) is 3.17. The summed E-state index contributed by atoms with van der Waals surface area (Å²) in [4.78, 5) is 29.0. The van der Waals surface area contributed by atoms with Gasteiger partial charge in [0.1, 0.15) is 12.6 Å². The second kappa shape index (κ2) is 7.66. The number of hydrogen-bond acceptors (Lipinski definition) is 6. The number of rotatable bonds is 4. The Balaban J connectivity index is 1.52. The lowest BCUT2D eigenvalue weighted by atomic mass is 10.1. The van der Waals surface area contributed by atoms with E-state index in [1.807, 2.05) is 6.07 Å². The first-order chi connectivity index (χ1) is 14.0. The van der Waals surface area contributed by atoms with Gasteiger partial charge in [-0.3, -0.25) is 14.2 Å². The molecule has 9 heteroatoms. The minimum Gasteiger partial charge on any atom is -0.454 e. The van der Waals surface area contributed by atoms with Gasteiger partial charge >= 0.3 is 0 Å². The second-order valence-corrected chi connectivity index (χ2v) is 6.59. The fraction of sp³-hybridized carbons (Fsp3) is 0.100. The smallest absolute Gasteiger partial charge is 0.254 e. The van der Waals surface area contributed by atoms with Crippen molar-refractivity contribution in [3.63, 3.8) is 0 Å². The van der Waals surface area contributed by atoms with Gasteiger partial charge in [-0.1, -0.05) is 11.6 Å². The highest BCUT2D eigenvalue weighted by molar-refractivity contribution is 6.31. The van der Waals surface area contributed by atoms with Crippen LogP contribution < -0.4 is 20.3 Å². The van der Waals surface area contributed by atoms with Crippen molar-refractivity contribution in [1.29, 1.82) is 5.26 Å². The Labute approximate surface area is 169 Å². The van der Waals surface area contributed by atoms with Crippen LogP contribution in [0.15, 0.2) is 53.6 Å². The molecule has 0 radical (unpaired) electrons. The average molecular weight is 409 g/mol. The number of nitriles is 1. The number of halogens is 1. The summed E-state index contributed by atoms with van der Waals surface area (Å²) in [5.41, 5.74) is 1.30.